The van der Waals surface area contributed by atoms with Crippen molar-refractivity contribution in [2.75, 3.05) is 25.1 Å². The second-order valence-electron chi connectivity index (χ2n) is 5.21. The van der Waals surface area contributed by atoms with Crippen molar-refractivity contribution >= 4 is 17.7 Å². The van der Waals surface area contributed by atoms with Gasteiger partial charge in [0.1, 0.15) is 0 Å². The normalized spacial score (nSPS) is 24.9. The minimum atomic E-state index is 0.625. The third-order valence-corrected chi connectivity index (χ3v) is 4.17. The summed E-state index contributed by atoms with van der Waals surface area (Å²) in [5.74, 6) is 3.12. The number of hydrogen-bond acceptors (Lipinski definition) is 2. The van der Waals surface area contributed by atoms with Gasteiger partial charge >= 0.3 is 0 Å². The number of nitrogens with one attached hydrogen (secondary N) is 2. The molecule has 0 radical (unpaired) electrons. The summed E-state index contributed by atoms with van der Waals surface area (Å²) in [7, 11) is 0. The van der Waals surface area contributed by atoms with Gasteiger partial charge in [0.25, 0.3) is 0 Å². The van der Waals surface area contributed by atoms with Gasteiger partial charge in [0.05, 0.1) is 0 Å². The number of nitrogens with zero attached hydrogens (tertiary/aromatic N) is 1. The average molecular weight is 271 g/mol. The predicted molar refractivity (Wildman–Crippen MR) is 83.5 cm³/mol. The molecular formula is C14H29N3S. The van der Waals surface area contributed by atoms with Crippen LogP contribution in [-0.2, 0) is 0 Å². The van der Waals surface area contributed by atoms with Gasteiger partial charge in [0.15, 0.2) is 5.96 Å². The molecule has 0 amide bonds. The van der Waals surface area contributed by atoms with Gasteiger partial charge in [-0.15, -0.1) is 0 Å². The van der Waals surface area contributed by atoms with E-state index in [9.17, 15) is 0 Å². The predicted octanol–water partition coefficient (Wildman–Crippen LogP) is 2.87. The minimum absolute atomic E-state index is 0.625. The summed E-state index contributed by atoms with van der Waals surface area (Å²) >= 11 is 1.89. The molecule has 1 rings (SSSR count). The van der Waals surface area contributed by atoms with E-state index in [-0.39, 0.29) is 0 Å². The van der Waals surface area contributed by atoms with Crippen LogP contribution in [0, 0.1) is 5.92 Å². The summed E-state index contributed by atoms with van der Waals surface area (Å²) in [4.78, 5) is 4.65. The van der Waals surface area contributed by atoms with Gasteiger partial charge in [-0.1, -0.05) is 6.92 Å². The molecule has 0 heterocycles. The smallest absolute Gasteiger partial charge is 0.191 e. The van der Waals surface area contributed by atoms with Crippen molar-refractivity contribution in [2.45, 2.75) is 52.0 Å². The summed E-state index contributed by atoms with van der Waals surface area (Å²) in [6.45, 7) is 6.36. The molecule has 4 heteroatoms. The first kappa shape index (κ1) is 15.7. The van der Waals surface area contributed by atoms with E-state index in [1.807, 2.05) is 11.8 Å². The zero-order valence-corrected chi connectivity index (χ0v) is 13.0. The molecule has 0 saturated heterocycles. The molecule has 1 saturated carbocycles. The molecule has 0 aromatic heterocycles. The first-order valence-corrected chi connectivity index (χ1v) is 8.69. The SMILES string of the molecule is CCNC(=NCCCSC)NC1CCC(C)CC1. The van der Waals surface area contributed by atoms with E-state index >= 15 is 0 Å². The molecule has 1 aliphatic rings. The molecule has 0 unspecified atom stereocenters. The van der Waals surface area contributed by atoms with E-state index in [4.69, 9.17) is 0 Å². The van der Waals surface area contributed by atoms with Gasteiger partial charge in [0, 0.05) is 19.1 Å². The van der Waals surface area contributed by atoms with Crippen LogP contribution in [0.5, 0.6) is 0 Å². The molecule has 0 bridgehead atoms. The fourth-order valence-electron chi connectivity index (χ4n) is 2.32. The van der Waals surface area contributed by atoms with E-state index < -0.39 is 0 Å². The molecule has 106 valence electrons. The van der Waals surface area contributed by atoms with Crippen LogP contribution in [0.25, 0.3) is 0 Å². The molecule has 1 aliphatic carbocycles. The molecule has 3 nitrogen and oxygen atoms in total. The lowest BCUT2D eigenvalue weighted by atomic mass is 9.87. The van der Waals surface area contributed by atoms with Crippen LogP contribution in [0.3, 0.4) is 0 Å². The van der Waals surface area contributed by atoms with Gasteiger partial charge in [-0.3, -0.25) is 4.99 Å². The standard InChI is InChI=1S/C14H29N3S/c1-4-15-14(16-10-5-11-18-3)17-13-8-6-12(2)7-9-13/h12-13H,4-11H2,1-3H3,(H2,15,16,17). The molecule has 0 aromatic rings. The second kappa shape index (κ2) is 9.54. The lowest BCUT2D eigenvalue weighted by Crippen LogP contribution is -2.44. The van der Waals surface area contributed by atoms with Crippen LogP contribution in [0.15, 0.2) is 4.99 Å². The molecule has 0 atom stereocenters. The summed E-state index contributed by atoms with van der Waals surface area (Å²) in [5, 5.41) is 6.94. The van der Waals surface area contributed by atoms with Crippen LogP contribution in [-0.4, -0.2) is 37.1 Å². The molecule has 18 heavy (non-hydrogen) atoms. The lowest BCUT2D eigenvalue weighted by Gasteiger charge is -2.28. The highest BCUT2D eigenvalue weighted by atomic mass is 32.2. The molecular weight excluding hydrogens is 242 g/mol. The van der Waals surface area contributed by atoms with E-state index in [2.05, 4.69) is 35.7 Å². The Morgan fingerprint density at radius 2 is 2.00 bits per heavy atom. The fraction of sp³-hybridized carbons (Fsp3) is 0.929. The number of guanidine groups is 1. The van der Waals surface area contributed by atoms with Crippen molar-refractivity contribution in [3.8, 4) is 0 Å². The van der Waals surface area contributed by atoms with Crippen LogP contribution < -0.4 is 10.6 Å². The van der Waals surface area contributed by atoms with E-state index in [0.717, 1.165) is 25.0 Å². The van der Waals surface area contributed by atoms with Gasteiger partial charge in [-0.25, -0.2) is 0 Å². The van der Waals surface area contributed by atoms with Crippen LogP contribution in [0.2, 0.25) is 0 Å². The Morgan fingerprint density at radius 1 is 1.28 bits per heavy atom. The molecule has 0 aromatic carbocycles. The molecule has 1 fully saturated rings. The van der Waals surface area contributed by atoms with Crippen molar-refractivity contribution in [3.63, 3.8) is 0 Å². The molecule has 2 N–H and O–H groups in total. The summed E-state index contributed by atoms with van der Waals surface area (Å²) in [5.41, 5.74) is 0. The maximum Gasteiger partial charge on any atom is 0.191 e. The number of aliphatic imine (C=N–C) groups is 1. The Balaban J connectivity index is 2.31. The van der Waals surface area contributed by atoms with E-state index in [1.165, 1.54) is 37.9 Å². The average Bonchev–Trinajstić information content (AvgIpc) is 2.37. The summed E-state index contributed by atoms with van der Waals surface area (Å²) in [6, 6.07) is 0.625. The molecule has 0 spiro atoms. The summed E-state index contributed by atoms with van der Waals surface area (Å²) in [6.07, 6.45) is 8.59. The van der Waals surface area contributed by atoms with Crippen molar-refractivity contribution in [1.82, 2.24) is 10.6 Å². The Kier molecular flexibility index (Phi) is 8.31. The molecule has 0 aliphatic heterocycles. The van der Waals surface area contributed by atoms with Gasteiger partial charge < -0.3 is 10.6 Å². The van der Waals surface area contributed by atoms with Crippen LogP contribution in [0.4, 0.5) is 0 Å². The minimum Gasteiger partial charge on any atom is -0.357 e. The fourth-order valence-corrected chi connectivity index (χ4v) is 2.74. The number of thioether (sulfide) groups is 1. The van der Waals surface area contributed by atoms with Crippen molar-refractivity contribution in [2.24, 2.45) is 10.9 Å². The quantitative estimate of drug-likeness (QED) is 0.443. The zero-order chi connectivity index (χ0) is 13.2. The van der Waals surface area contributed by atoms with Crippen LogP contribution >= 0.6 is 11.8 Å². The topological polar surface area (TPSA) is 36.4 Å². The maximum atomic E-state index is 4.65. The second-order valence-corrected chi connectivity index (χ2v) is 6.19. The highest BCUT2D eigenvalue weighted by Gasteiger charge is 2.18. The number of rotatable bonds is 6. The number of hydrogen-bond donors (Lipinski definition) is 2. The van der Waals surface area contributed by atoms with Gasteiger partial charge in [-0.05, 0) is 57.0 Å². The first-order valence-electron chi connectivity index (χ1n) is 7.30. The Hall–Kier alpha value is -0.380. The van der Waals surface area contributed by atoms with E-state index in [0.29, 0.717) is 6.04 Å². The third-order valence-electron chi connectivity index (χ3n) is 3.48. The maximum absolute atomic E-state index is 4.65. The van der Waals surface area contributed by atoms with Crippen molar-refractivity contribution in [3.05, 3.63) is 0 Å². The van der Waals surface area contributed by atoms with Crippen LogP contribution in [0.1, 0.15) is 46.0 Å². The Bertz CT molecular complexity index is 235. The monoisotopic (exact) mass is 271 g/mol. The highest BCUT2D eigenvalue weighted by Crippen LogP contribution is 2.23. The first-order chi connectivity index (χ1) is 8.76. The van der Waals surface area contributed by atoms with Crippen molar-refractivity contribution < 1.29 is 0 Å². The van der Waals surface area contributed by atoms with Crippen molar-refractivity contribution in [1.29, 1.82) is 0 Å². The summed E-state index contributed by atoms with van der Waals surface area (Å²) < 4.78 is 0. The Labute approximate surface area is 117 Å². The van der Waals surface area contributed by atoms with E-state index in [1.54, 1.807) is 0 Å². The zero-order valence-electron chi connectivity index (χ0n) is 12.2. The largest absolute Gasteiger partial charge is 0.357 e. The van der Waals surface area contributed by atoms with Gasteiger partial charge in [0.2, 0.25) is 0 Å². The third kappa shape index (κ3) is 6.53. The lowest BCUT2D eigenvalue weighted by molar-refractivity contribution is 0.329. The Morgan fingerprint density at radius 3 is 2.61 bits per heavy atom. The van der Waals surface area contributed by atoms with Gasteiger partial charge in [-0.2, -0.15) is 11.8 Å². The highest BCUT2D eigenvalue weighted by molar-refractivity contribution is 7.98.